The maximum absolute atomic E-state index is 13.3. The highest BCUT2D eigenvalue weighted by Crippen LogP contribution is 2.43. The predicted molar refractivity (Wildman–Crippen MR) is 70.2 cm³/mol. The van der Waals surface area contributed by atoms with Crippen molar-refractivity contribution in [1.82, 2.24) is 5.32 Å². The van der Waals surface area contributed by atoms with Crippen LogP contribution in [0.2, 0.25) is 0 Å². The van der Waals surface area contributed by atoms with E-state index in [4.69, 9.17) is 4.42 Å². The number of hydrogen-bond donors (Lipinski definition) is 1. The minimum atomic E-state index is -0.273. The van der Waals surface area contributed by atoms with Gasteiger partial charge in [0.1, 0.15) is 17.2 Å². The Hall–Kier alpha value is -1.84. The zero-order valence-corrected chi connectivity index (χ0v) is 11.0. The van der Waals surface area contributed by atoms with Gasteiger partial charge < -0.3 is 9.73 Å². The normalized spacial score (nSPS) is 16.6. The number of fused-ring (bicyclic) bond motifs is 1. The first-order chi connectivity index (χ1) is 9.06. The van der Waals surface area contributed by atoms with Crippen molar-refractivity contribution < 1.29 is 13.6 Å². The zero-order valence-electron chi connectivity index (χ0n) is 11.0. The molecule has 1 aromatic heterocycles. The van der Waals surface area contributed by atoms with E-state index in [0.717, 1.165) is 29.6 Å². The summed E-state index contributed by atoms with van der Waals surface area (Å²) >= 11 is 0. The maximum Gasteiger partial charge on any atom is 0.217 e. The van der Waals surface area contributed by atoms with E-state index in [1.807, 2.05) is 6.92 Å². The molecule has 2 aromatic rings. The van der Waals surface area contributed by atoms with Crippen LogP contribution in [0.4, 0.5) is 4.39 Å². The number of halogens is 1. The molecule has 3 rings (SSSR count). The van der Waals surface area contributed by atoms with Crippen LogP contribution in [0.15, 0.2) is 22.6 Å². The molecular weight excluding hydrogens is 245 g/mol. The van der Waals surface area contributed by atoms with E-state index in [-0.39, 0.29) is 17.8 Å². The molecular formula is C15H16FNO2. The molecule has 1 aromatic carbocycles. The number of carbonyl (C=O) groups is 1. The second-order valence-electron chi connectivity index (χ2n) is 5.25. The molecule has 19 heavy (non-hydrogen) atoms. The van der Waals surface area contributed by atoms with E-state index in [2.05, 4.69) is 5.32 Å². The first-order valence-electron chi connectivity index (χ1n) is 6.52. The Bertz CT molecular complexity index is 643. The first kappa shape index (κ1) is 12.2. The Labute approximate surface area is 110 Å². The van der Waals surface area contributed by atoms with E-state index in [0.29, 0.717) is 11.5 Å². The second kappa shape index (κ2) is 4.37. The lowest BCUT2D eigenvalue weighted by atomic mass is 10.0. The van der Waals surface area contributed by atoms with Gasteiger partial charge in [-0.3, -0.25) is 4.79 Å². The maximum atomic E-state index is 13.3. The van der Waals surface area contributed by atoms with Gasteiger partial charge in [-0.05, 0) is 43.9 Å². The average Bonchev–Trinajstić information content (AvgIpc) is 3.13. The molecule has 1 amide bonds. The number of hydrogen-bond acceptors (Lipinski definition) is 2. The molecule has 0 unspecified atom stereocenters. The second-order valence-corrected chi connectivity index (χ2v) is 5.25. The number of benzene rings is 1. The van der Waals surface area contributed by atoms with Gasteiger partial charge in [-0.1, -0.05) is 0 Å². The van der Waals surface area contributed by atoms with Gasteiger partial charge in [0.2, 0.25) is 5.91 Å². The summed E-state index contributed by atoms with van der Waals surface area (Å²) in [4.78, 5) is 11.3. The van der Waals surface area contributed by atoms with Crippen molar-refractivity contribution in [2.75, 3.05) is 0 Å². The number of aryl methyl sites for hydroxylation is 1. The number of amides is 1. The third kappa shape index (κ3) is 2.23. The van der Waals surface area contributed by atoms with Crippen LogP contribution in [0.5, 0.6) is 0 Å². The zero-order chi connectivity index (χ0) is 13.6. The van der Waals surface area contributed by atoms with Gasteiger partial charge in [0.25, 0.3) is 0 Å². The van der Waals surface area contributed by atoms with Crippen molar-refractivity contribution in [3.63, 3.8) is 0 Å². The summed E-state index contributed by atoms with van der Waals surface area (Å²) in [6, 6.07) is 4.42. The molecule has 0 bridgehead atoms. The van der Waals surface area contributed by atoms with Crippen LogP contribution in [0.3, 0.4) is 0 Å². The Kier molecular flexibility index (Phi) is 2.81. The van der Waals surface area contributed by atoms with Crippen molar-refractivity contribution >= 4 is 16.9 Å². The van der Waals surface area contributed by atoms with Crippen molar-refractivity contribution in [2.45, 2.75) is 32.7 Å². The molecule has 1 aliphatic rings. The fourth-order valence-electron chi connectivity index (χ4n) is 2.55. The molecule has 1 saturated carbocycles. The lowest BCUT2D eigenvalue weighted by molar-refractivity contribution is -0.120. The fraction of sp³-hybridized carbons (Fsp3) is 0.400. The largest absolute Gasteiger partial charge is 0.459 e. The summed E-state index contributed by atoms with van der Waals surface area (Å²) < 4.78 is 19.1. The summed E-state index contributed by atoms with van der Waals surface area (Å²) in [7, 11) is 0. The quantitative estimate of drug-likeness (QED) is 0.919. The van der Waals surface area contributed by atoms with Crippen LogP contribution in [-0.2, 0) is 4.79 Å². The van der Waals surface area contributed by atoms with Crippen LogP contribution in [0.1, 0.15) is 37.1 Å². The third-order valence-electron chi connectivity index (χ3n) is 3.67. The highest BCUT2D eigenvalue weighted by atomic mass is 19.1. The number of rotatable bonds is 3. The number of carbonyl (C=O) groups excluding carboxylic acids is 1. The van der Waals surface area contributed by atoms with Gasteiger partial charge in [0.05, 0.1) is 6.04 Å². The molecule has 100 valence electrons. The van der Waals surface area contributed by atoms with Gasteiger partial charge >= 0.3 is 0 Å². The highest BCUT2D eigenvalue weighted by molar-refractivity contribution is 5.82. The minimum absolute atomic E-state index is 0.0667. The Morgan fingerprint density at radius 1 is 1.47 bits per heavy atom. The van der Waals surface area contributed by atoms with E-state index >= 15 is 0 Å². The van der Waals surface area contributed by atoms with Gasteiger partial charge in [-0.2, -0.15) is 0 Å². The van der Waals surface area contributed by atoms with Crippen molar-refractivity contribution in [1.29, 1.82) is 0 Å². The van der Waals surface area contributed by atoms with E-state index in [1.165, 1.54) is 19.1 Å². The molecule has 1 N–H and O–H groups in total. The number of furan rings is 1. The molecule has 1 aliphatic carbocycles. The summed E-state index contributed by atoms with van der Waals surface area (Å²) in [6.07, 6.45) is 2.19. The predicted octanol–water partition coefficient (Wildman–Crippen LogP) is 3.47. The topological polar surface area (TPSA) is 42.2 Å². The van der Waals surface area contributed by atoms with Gasteiger partial charge in [-0.15, -0.1) is 0 Å². The van der Waals surface area contributed by atoms with Gasteiger partial charge in [0, 0.05) is 17.9 Å². The molecule has 0 saturated heterocycles. The fourth-order valence-corrected chi connectivity index (χ4v) is 2.55. The monoisotopic (exact) mass is 261 g/mol. The summed E-state index contributed by atoms with van der Waals surface area (Å²) in [5.74, 6) is 0.861. The molecule has 1 heterocycles. The molecule has 3 nitrogen and oxygen atoms in total. The Morgan fingerprint density at radius 3 is 2.84 bits per heavy atom. The highest BCUT2D eigenvalue weighted by Gasteiger charge is 2.36. The van der Waals surface area contributed by atoms with Crippen LogP contribution in [0.25, 0.3) is 11.0 Å². The smallest absolute Gasteiger partial charge is 0.217 e. The third-order valence-corrected chi connectivity index (χ3v) is 3.67. The van der Waals surface area contributed by atoms with Crippen LogP contribution in [-0.4, -0.2) is 5.91 Å². The summed E-state index contributed by atoms with van der Waals surface area (Å²) in [5.41, 5.74) is 1.59. The van der Waals surface area contributed by atoms with Crippen molar-refractivity contribution in [3.8, 4) is 0 Å². The van der Waals surface area contributed by atoms with Crippen LogP contribution >= 0.6 is 0 Å². The lowest BCUT2D eigenvalue weighted by Crippen LogP contribution is -2.27. The molecule has 0 radical (unpaired) electrons. The van der Waals surface area contributed by atoms with Crippen molar-refractivity contribution in [3.05, 3.63) is 35.3 Å². The van der Waals surface area contributed by atoms with Gasteiger partial charge in [-0.25, -0.2) is 4.39 Å². The minimum Gasteiger partial charge on any atom is -0.459 e. The number of nitrogens with one attached hydrogen (secondary N) is 1. The Balaban J connectivity index is 2.07. The molecule has 1 fully saturated rings. The summed E-state index contributed by atoms with van der Waals surface area (Å²) in [6.45, 7) is 3.42. The average molecular weight is 261 g/mol. The first-order valence-corrected chi connectivity index (χ1v) is 6.52. The molecule has 0 aliphatic heterocycles. The van der Waals surface area contributed by atoms with Crippen molar-refractivity contribution in [2.24, 2.45) is 5.92 Å². The lowest BCUT2D eigenvalue weighted by Gasteiger charge is -2.15. The van der Waals surface area contributed by atoms with Crippen LogP contribution in [0, 0.1) is 18.7 Å². The molecule has 4 heteroatoms. The van der Waals surface area contributed by atoms with E-state index < -0.39 is 0 Å². The standard InChI is InChI=1S/C15H16FNO2/c1-8-12-7-11(16)5-6-13(12)19-15(8)14(10-3-4-10)17-9(2)18/h5-7,10,14H,3-4H2,1-2H3,(H,17,18)/t14-/m1/s1. The summed E-state index contributed by atoms with van der Waals surface area (Å²) in [5, 5.41) is 3.73. The van der Waals surface area contributed by atoms with E-state index in [9.17, 15) is 9.18 Å². The SMILES string of the molecule is CC(=O)N[C@@H](c1oc2ccc(F)cc2c1C)C1CC1. The molecule has 1 atom stereocenters. The Morgan fingerprint density at radius 2 is 2.21 bits per heavy atom. The van der Waals surface area contributed by atoms with Gasteiger partial charge in [0.15, 0.2) is 0 Å². The molecule has 0 spiro atoms. The van der Waals surface area contributed by atoms with E-state index in [1.54, 1.807) is 6.07 Å². The van der Waals surface area contributed by atoms with Crippen LogP contribution < -0.4 is 5.32 Å².